The summed E-state index contributed by atoms with van der Waals surface area (Å²) >= 11 is 0. The van der Waals surface area contributed by atoms with Crippen LogP contribution in [0.5, 0.6) is 5.75 Å². The summed E-state index contributed by atoms with van der Waals surface area (Å²) in [4.78, 5) is 38.2. The predicted molar refractivity (Wildman–Crippen MR) is 110 cm³/mol. The lowest BCUT2D eigenvalue weighted by Crippen LogP contribution is -2.54. The largest absolute Gasteiger partial charge is 0.490 e. The van der Waals surface area contributed by atoms with Crippen LogP contribution in [0.2, 0.25) is 0 Å². The fraction of sp³-hybridized carbons (Fsp3) is 0.571. The van der Waals surface area contributed by atoms with Crippen LogP contribution in [0.25, 0.3) is 0 Å². The Labute approximate surface area is 176 Å². The maximum Gasteiger partial charge on any atom is 0.257 e. The van der Waals surface area contributed by atoms with Gasteiger partial charge in [-0.05, 0) is 31.0 Å². The highest BCUT2D eigenvalue weighted by Crippen LogP contribution is 2.32. The molecule has 9 heteroatoms. The van der Waals surface area contributed by atoms with Gasteiger partial charge in [0.15, 0.2) is 0 Å². The van der Waals surface area contributed by atoms with Gasteiger partial charge in [-0.3, -0.25) is 14.4 Å². The second-order valence-corrected chi connectivity index (χ2v) is 7.61. The van der Waals surface area contributed by atoms with Crippen molar-refractivity contribution in [3.63, 3.8) is 0 Å². The number of amides is 3. The standard InChI is InChI=1S/C21H29N3O6/c1-13(25)23-14-4-7-18-16(10-14)21(27)24(2)17-6-5-15(30-19(17)12-29-18)11-20(26)22-8-9-28-3/h4,7,10,15,17,19H,5-6,8-9,11-12H2,1-3H3,(H,22,26)(H,23,25)/t15-,17-,19+/m1/s1. The third-order valence-corrected chi connectivity index (χ3v) is 5.37. The van der Waals surface area contributed by atoms with Crippen molar-refractivity contribution in [1.29, 1.82) is 0 Å². The van der Waals surface area contributed by atoms with Gasteiger partial charge in [0.05, 0.1) is 30.7 Å². The number of hydrogen-bond acceptors (Lipinski definition) is 6. The summed E-state index contributed by atoms with van der Waals surface area (Å²) in [6.07, 6.45) is 1.11. The molecule has 0 bridgehead atoms. The molecule has 2 aliphatic heterocycles. The van der Waals surface area contributed by atoms with E-state index in [0.717, 1.165) is 0 Å². The number of methoxy groups -OCH3 is 1. The first-order valence-electron chi connectivity index (χ1n) is 10.1. The fourth-order valence-electron chi connectivity index (χ4n) is 3.88. The van der Waals surface area contributed by atoms with E-state index in [4.69, 9.17) is 14.2 Å². The lowest BCUT2D eigenvalue weighted by atomic mass is 9.94. The summed E-state index contributed by atoms with van der Waals surface area (Å²) in [5, 5.41) is 5.49. The smallest absolute Gasteiger partial charge is 0.257 e. The van der Waals surface area contributed by atoms with Crippen molar-refractivity contribution < 1.29 is 28.6 Å². The van der Waals surface area contributed by atoms with Gasteiger partial charge in [-0.1, -0.05) is 0 Å². The average molecular weight is 419 g/mol. The van der Waals surface area contributed by atoms with Crippen LogP contribution in [0.1, 0.15) is 36.5 Å². The summed E-state index contributed by atoms with van der Waals surface area (Å²) in [6.45, 7) is 2.62. The minimum Gasteiger partial charge on any atom is -0.490 e. The summed E-state index contributed by atoms with van der Waals surface area (Å²) < 4.78 is 17.0. The van der Waals surface area contributed by atoms with Crippen LogP contribution in [-0.2, 0) is 19.1 Å². The molecule has 2 aliphatic rings. The average Bonchev–Trinajstić information content (AvgIpc) is 2.71. The van der Waals surface area contributed by atoms with Crippen molar-refractivity contribution in [2.45, 2.75) is 44.4 Å². The van der Waals surface area contributed by atoms with Crippen LogP contribution >= 0.6 is 0 Å². The lowest BCUT2D eigenvalue weighted by molar-refractivity contribution is -0.134. The molecule has 164 valence electrons. The van der Waals surface area contributed by atoms with E-state index in [0.29, 0.717) is 43.0 Å². The summed E-state index contributed by atoms with van der Waals surface area (Å²) in [5.41, 5.74) is 0.949. The number of hydrogen-bond donors (Lipinski definition) is 2. The van der Waals surface area contributed by atoms with Crippen molar-refractivity contribution >= 4 is 23.4 Å². The molecule has 9 nitrogen and oxygen atoms in total. The zero-order chi connectivity index (χ0) is 21.7. The molecule has 0 radical (unpaired) electrons. The van der Waals surface area contributed by atoms with Gasteiger partial charge in [0.2, 0.25) is 11.8 Å². The van der Waals surface area contributed by atoms with Crippen LogP contribution in [0.4, 0.5) is 5.69 Å². The summed E-state index contributed by atoms with van der Waals surface area (Å²) in [5.74, 6) is -0.0307. The number of fused-ring (bicyclic) bond motifs is 2. The van der Waals surface area contributed by atoms with Crippen molar-refractivity contribution in [2.75, 3.05) is 39.2 Å². The normalized spacial score (nSPS) is 23.4. The van der Waals surface area contributed by atoms with E-state index in [1.54, 1.807) is 37.3 Å². The predicted octanol–water partition coefficient (Wildman–Crippen LogP) is 1.18. The van der Waals surface area contributed by atoms with Crippen molar-refractivity contribution in [3.8, 4) is 5.75 Å². The van der Waals surface area contributed by atoms with Crippen LogP contribution in [0.15, 0.2) is 18.2 Å². The van der Waals surface area contributed by atoms with Gasteiger partial charge in [0.25, 0.3) is 5.91 Å². The molecule has 1 aromatic carbocycles. The third-order valence-electron chi connectivity index (χ3n) is 5.37. The Morgan fingerprint density at radius 3 is 2.83 bits per heavy atom. The summed E-state index contributed by atoms with van der Waals surface area (Å²) in [6, 6.07) is 4.85. The quantitative estimate of drug-likeness (QED) is 0.671. The van der Waals surface area contributed by atoms with Gasteiger partial charge in [-0.2, -0.15) is 0 Å². The number of carbonyl (C=O) groups is 3. The Kier molecular flexibility index (Phi) is 7.28. The molecular weight excluding hydrogens is 390 g/mol. The Morgan fingerprint density at radius 2 is 2.10 bits per heavy atom. The van der Waals surface area contributed by atoms with Crippen molar-refractivity contribution in [2.24, 2.45) is 0 Å². The number of nitrogens with zero attached hydrogens (tertiary/aromatic N) is 1. The first-order chi connectivity index (χ1) is 14.4. The first-order valence-corrected chi connectivity index (χ1v) is 10.1. The highest BCUT2D eigenvalue weighted by molar-refractivity contribution is 5.99. The number of anilines is 1. The SMILES string of the molecule is COCCNC(=O)C[C@H]1CC[C@@H]2[C@H](COc3ccc(NC(C)=O)cc3C(=O)N2C)O1. The number of ether oxygens (including phenoxy) is 3. The molecule has 0 spiro atoms. The van der Waals surface area contributed by atoms with E-state index in [-0.39, 0.29) is 49.0 Å². The van der Waals surface area contributed by atoms with E-state index < -0.39 is 0 Å². The highest BCUT2D eigenvalue weighted by atomic mass is 16.5. The Morgan fingerprint density at radius 1 is 1.30 bits per heavy atom. The van der Waals surface area contributed by atoms with E-state index in [9.17, 15) is 14.4 Å². The molecule has 1 fully saturated rings. The second kappa shape index (κ2) is 9.90. The number of nitrogens with one attached hydrogen (secondary N) is 2. The molecule has 3 amide bonds. The zero-order valence-electron chi connectivity index (χ0n) is 17.6. The zero-order valence-corrected chi connectivity index (χ0v) is 17.6. The molecule has 2 heterocycles. The van der Waals surface area contributed by atoms with Gasteiger partial charge < -0.3 is 29.7 Å². The highest BCUT2D eigenvalue weighted by Gasteiger charge is 2.39. The van der Waals surface area contributed by atoms with E-state index in [2.05, 4.69) is 10.6 Å². The van der Waals surface area contributed by atoms with E-state index >= 15 is 0 Å². The fourth-order valence-corrected chi connectivity index (χ4v) is 3.88. The minimum atomic E-state index is -0.326. The molecule has 0 aromatic heterocycles. The molecule has 3 rings (SSSR count). The van der Waals surface area contributed by atoms with Gasteiger partial charge in [0, 0.05) is 33.3 Å². The molecule has 3 atom stereocenters. The van der Waals surface area contributed by atoms with E-state index in [1.807, 2.05) is 0 Å². The third kappa shape index (κ3) is 5.28. The van der Waals surface area contributed by atoms with Crippen LogP contribution < -0.4 is 15.4 Å². The second-order valence-electron chi connectivity index (χ2n) is 7.61. The summed E-state index contributed by atoms with van der Waals surface area (Å²) in [7, 11) is 3.34. The van der Waals surface area contributed by atoms with Crippen molar-refractivity contribution in [3.05, 3.63) is 23.8 Å². The van der Waals surface area contributed by atoms with Gasteiger partial charge in [0.1, 0.15) is 18.5 Å². The maximum absolute atomic E-state index is 13.1. The van der Waals surface area contributed by atoms with Crippen LogP contribution in [-0.4, -0.2) is 74.8 Å². The Balaban J connectivity index is 1.69. The van der Waals surface area contributed by atoms with Gasteiger partial charge in [-0.25, -0.2) is 0 Å². The minimum absolute atomic E-state index is 0.0810. The molecule has 1 aromatic rings. The molecule has 0 saturated carbocycles. The van der Waals surface area contributed by atoms with Gasteiger partial charge in [-0.15, -0.1) is 0 Å². The van der Waals surface area contributed by atoms with Crippen LogP contribution in [0, 0.1) is 0 Å². The monoisotopic (exact) mass is 419 g/mol. The molecule has 0 unspecified atom stereocenters. The number of benzene rings is 1. The molecule has 1 saturated heterocycles. The molecule has 2 N–H and O–H groups in total. The Bertz CT molecular complexity index is 799. The molecule has 30 heavy (non-hydrogen) atoms. The Hall–Kier alpha value is -2.65. The van der Waals surface area contributed by atoms with Gasteiger partial charge >= 0.3 is 0 Å². The lowest BCUT2D eigenvalue weighted by Gasteiger charge is -2.42. The van der Waals surface area contributed by atoms with Crippen LogP contribution in [0.3, 0.4) is 0 Å². The van der Waals surface area contributed by atoms with E-state index in [1.165, 1.54) is 6.92 Å². The maximum atomic E-state index is 13.1. The number of likely N-dealkylation sites (N-methyl/N-ethyl adjacent to an activating group) is 1. The first kappa shape index (κ1) is 22.0. The van der Waals surface area contributed by atoms with Crippen molar-refractivity contribution in [1.82, 2.24) is 10.2 Å². The molecule has 0 aliphatic carbocycles. The number of rotatable bonds is 6. The molecular formula is C21H29N3O6. The topological polar surface area (TPSA) is 106 Å². The number of carbonyl (C=O) groups excluding carboxylic acids is 3.